The molecule has 1 heterocycles. The summed E-state index contributed by atoms with van der Waals surface area (Å²) in [6, 6.07) is 5.37. The first-order valence-electron chi connectivity index (χ1n) is 7.65. The van der Waals surface area contributed by atoms with Crippen molar-refractivity contribution in [3.8, 4) is 11.4 Å². The minimum absolute atomic E-state index is 0.0132. The highest BCUT2D eigenvalue weighted by molar-refractivity contribution is 9.10. The number of rotatable bonds is 7. The van der Waals surface area contributed by atoms with Gasteiger partial charge >= 0.3 is 0 Å². The van der Waals surface area contributed by atoms with Gasteiger partial charge in [0.1, 0.15) is 12.5 Å². The van der Waals surface area contributed by atoms with Crippen molar-refractivity contribution in [2.24, 2.45) is 0 Å². The van der Waals surface area contributed by atoms with Gasteiger partial charge in [0.2, 0.25) is 15.0 Å². The van der Waals surface area contributed by atoms with E-state index in [1.165, 1.54) is 12.1 Å². The Hall–Kier alpha value is -1.10. The standard InChI is InChI=1S/C15H21BrFN3O3SSi/c1-24(21,22)15-18-14(12-6-5-11(16)9-13(12)17)19-20(15)10-23-7-8-25(2,3)4/h5-6,9H,7-8,10H2,1-4H3. The Labute approximate surface area is 156 Å². The first-order valence-corrected chi connectivity index (χ1v) is 14.0. The molecule has 0 N–H and O–H groups in total. The summed E-state index contributed by atoms with van der Waals surface area (Å²) in [7, 11) is -4.87. The summed E-state index contributed by atoms with van der Waals surface area (Å²) in [4.78, 5) is 4.01. The van der Waals surface area contributed by atoms with Crippen molar-refractivity contribution in [3.63, 3.8) is 0 Å². The van der Waals surface area contributed by atoms with Crippen LogP contribution in [0.5, 0.6) is 0 Å². The molecule has 0 amide bonds. The molecule has 0 saturated carbocycles. The molecule has 0 unspecified atom stereocenters. The highest BCUT2D eigenvalue weighted by atomic mass is 79.9. The zero-order chi connectivity index (χ0) is 18.8. The number of hydrogen-bond donors (Lipinski definition) is 0. The first kappa shape index (κ1) is 20.2. The zero-order valence-electron chi connectivity index (χ0n) is 14.6. The third-order valence-corrected chi connectivity index (χ3v) is 6.51. The molecule has 0 spiro atoms. The van der Waals surface area contributed by atoms with E-state index in [2.05, 4.69) is 45.7 Å². The lowest BCUT2D eigenvalue weighted by atomic mass is 10.2. The predicted octanol–water partition coefficient (Wildman–Crippen LogP) is 3.56. The number of ether oxygens (including phenoxy) is 1. The van der Waals surface area contributed by atoms with E-state index >= 15 is 0 Å². The fourth-order valence-electron chi connectivity index (χ4n) is 2.00. The minimum Gasteiger partial charge on any atom is -0.359 e. The van der Waals surface area contributed by atoms with Gasteiger partial charge in [-0.15, -0.1) is 5.10 Å². The molecule has 0 aliphatic carbocycles. The van der Waals surface area contributed by atoms with E-state index < -0.39 is 23.7 Å². The summed E-state index contributed by atoms with van der Waals surface area (Å²) in [5.74, 6) is -0.523. The van der Waals surface area contributed by atoms with Crippen LogP contribution in [0, 0.1) is 5.82 Å². The molecule has 25 heavy (non-hydrogen) atoms. The van der Waals surface area contributed by atoms with Crippen molar-refractivity contribution in [1.29, 1.82) is 0 Å². The summed E-state index contributed by atoms with van der Waals surface area (Å²) < 4.78 is 45.3. The Kier molecular flexibility index (Phi) is 6.18. The Morgan fingerprint density at radius 1 is 1.32 bits per heavy atom. The van der Waals surface area contributed by atoms with E-state index in [1.54, 1.807) is 6.07 Å². The smallest absolute Gasteiger partial charge is 0.248 e. The molecular weight excluding hydrogens is 429 g/mol. The Morgan fingerprint density at radius 3 is 2.56 bits per heavy atom. The van der Waals surface area contributed by atoms with Crippen LogP contribution in [-0.4, -0.2) is 44.1 Å². The van der Waals surface area contributed by atoms with Crippen LogP contribution >= 0.6 is 15.9 Å². The maximum Gasteiger partial charge on any atom is 0.248 e. The molecule has 0 fully saturated rings. The zero-order valence-corrected chi connectivity index (χ0v) is 18.0. The van der Waals surface area contributed by atoms with Crippen molar-refractivity contribution < 1.29 is 17.5 Å². The van der Waals surface area contributed by atoms with Crippen molar-refractivity contribution in [2.75, 3.05) is 12.9 Å². The summed E-state index contributed by atoms with van der Waals surface area (Å²) in [6.45, 7) is 7.14. The topological polar surface area (TPSA) is 74.1 Å². The van der Waals surface area contributed by atoms with Crippen molar-refractivity contribution >= 4 is 33.8 Å². The molecule has 0 aliphatic heterocycles. The van der Waals surface area contributed by atoms with Crippen molar-refractivity contribution in [2.45, 2.75) is 37.6 Å². The molecule has 0 atom stereocenters. The van der Waals surface area contributed by atoms with Gasteiger partial charge in [-0.25, -0.2) is 17.5 Å². The number of hydrogen-bond acceptors (Lipinski definition) is 5. The molecule has 1 aromatic heterocycles. The van der Waals surface area contributed by atoms with Gasteiger partial charge in [-0.2, -0.15) is 4.98 Å². The van der Waals surface area contributed by atoms with Crippen molar-refractivity contribution in [1.82, 2.24) is 14.8 Å². The van der Waals surface area contributed by atoms with E-state index in [0.717, 1.165) is 17.0 Å². The number of aromatic nitrogens is 3. The van der Waals surface area contributed by atoms with Crippen LogP contribution < -0.4 is 0 Å². The van der Waals surface area contributed by atoms with Gasteiger partial charge in [0.05, 0.1) is 5.56 Å². The molecule has 2 aromatic rings. The van der Waals surface area contributed by atoms with Crippen LogP contribution in [0.25, 0.3) is 11.4 Å². The average molecular weight is 450 g/mol. The lowest BCUT2D eigenvalue weighted by Gasteiger charge is -2.15. The largest absolute Gasteiger partial charge is 0.359 e. The number of benzene rings is 1. The predicted molar refractivity (Wildman–Crippen MR) is 100 cm³/mol. The molecule has 6 nitrogen and oxygen atoms in total. The lowest BCUT2D eigenvalue weighted by molar-refractivity contribution is 0.0715. The third-order valence-electron chi connectivity index (χ3n) is 3.35. The molecular formula is C15H21BrFN3O3SSi. The normalized spacial score (nSPS) is 12.6. The maximum absolute atomic E-state index is 14.1. The van der Waals surface area contributed by atoms with Gasteiger partial charge in [-0.1, -0.05) is 35.6 Å². The lowest BCUT2D eigenvalue weighted by Crippen LogP contribution is -2.22. The van der Waals surface area contributed by atoms with Crippen LogP contribution in [-0.2, 0) is 21.3 Å². The number of nitrogens with zero attached hydrogens (tertiary/aromatic N) is 3. The van der Waals surface area contributed by atoms with E-state index in [0.29, 0.717) is 11.1 Å². The minimum atomic E-state index is -3.62. The average Bonchev–Trinajstić information content (AvgIpc) is 2.86. The SMILES string of the molecule is C[Si](C)(C)CCOCn1nc(-c2ccc(Br)cc2F)nc1S(C)(=O)=O. The van der Waals surface area contributed by atoms with E-state index in [-0.39, 0.29) is 23.3 Å². The highest BCUT2D eigenvalue weighted by Crippen LogP contribution is 2.24. The molecule has 1 aromatic carbocycles. The van der Waals surface area contributed by atoms with Gasteiger partial charge in [-0.05, 0) is 24.2 Å². The fraction of sp³-hybridized carbons (Fsp3) is 0.467. The molecule has 10 heteroatoms. The third kappa shape index (κ3) is 5.70. The second-order valence-corrected chi connectivity index (χ2v) is 15.4. The summed E-state index contributed by atoms with van der Waals surface area (Å²) in [5, 5.41) is 3.89. The highest BCUT2D eigenvalue weighted by Gasteiger charge is 2.22. The van der Waals surface area contributed by atoms with Crippen LogP contribution in [0.4, 0.5) is 4.39 Å². The molecule has 138 valence electrons. The van der Waals surface area contributed by atoms with Gasteiger partial charge in [0.25, 0.3) is 0 Å². The number of halogens is 2. The molecule has 0 saturated heterocycles. The van der Waals surface area contributed by atoms with Crippen LogP contribution in [0.15, 0.2) is 27.8 Å². The van der Waals surface area contributed by atoms with Gasteiger partial charge in [0.15, 0.2) is 5.82 Å². The van der Waals surface area contributed by atoms with Gasteiger partial charge < -0.3 is 4.74 Å². The summed E-state index contributed by atoms with van der Waals surface area (Å²) in [6.07, 6.45) is 1.04. The van der Waals surface area contributed by atoms with Gasteiger partial charge in [0, 0.05) is 25.4 Å². The van der Waals surface area contributed by atoms with E-state index in [1.807, 2.05) is 0 Å². The fourth-order valence-corrected chi connectivity index (χ4v) is 3.82. The molecule has 2 rings (SSSR count). The van der Waals surface area contributed by atoms with E-state index in [4.69, 9.17) is 4.74 Å². The molecule has 0 bridgehead atoms. The Morgan fingerprint density at radius 2 is 2.00 bits per heavy atom. The van der Waals surface area contributed by atoms with Crippen molar-refractivity contribution in [3.05, 3.63) is 28.5 Å². The van der Waals surface area contributed by atoms with Crippen LogP contribution in [0.1, 0.15) is 0 Å². The molecule has 0 aliphatic rings. The van der Waals surface area contributed by atoms with E-state index in [9.17, 15) is 12.8 Å². The Balaban J connectivity index is 2.28. The maximum atomic E-state index is 14.1. The second-order valence-electron chi connectivity index (χ2n) is 6.96. The molecule has 0 radical (unpaired) electrons. The monoisotopic (exact) mass is 449 g/mol. The first-order chi connectivity index (χ1) is 11.5. The van der Waals surface area contributed by atoms with Crippen LogP contribution in [0.3, 0.4) is 0 Å². The summed E-state index contributed by atoms with van der Waals surface area (Å²) >= 11 is 3.18. The van der Waals surface area contributed by atoms with Gasteiger partial charge in [-0.3, -0.25) is 0 Å². The quantitative estimate of drug-likeness (QED) is 0.477. The number of sulfone groups is 1. The Bertz CT molecular complexity index is 865. The second kappa shape index (κ2) is 7.64. The van der Waals surface area contributed by atoms with Crippen LogP contribution in [0.2, 0.25) is 25.7 Å². The summed E-state index contributed by atoms with van der Waals surface area (Å²) in [5.41, 5.74) is 0.133.